The predicted octanol–water partition coefficient (Wildman–Crippen LogP) is 4.69. The molecular formula is C25H44N2O8. The first kappa shape index (κ1) is 30.5. The summed E-state index contributed by atoms with van der Waals surface area (Å²) >= 11 is 0. The first-order valence-corrected chi connectivity index (χ1v) is 12.4. The normalized spacial score (nSPS) is 19.2. The van der Waals surface area contributed by atoms with Gasteiger partial charge in [-0.25, -0.2) is 19.2 Å². The van der Waals surface area contributed by atoms with Gasteiger partial charge in [-0.05, 0) is 67.2 Å². The largest absolute Gasteiger partial charge is 0.480 e. The summed E-state index contributed by atoms with van der Waals surface area (Å²) in [5, 5.41) is 14.5. The molecule has 0 unspecified atom stereocenters. The number of amides is 2. The Morgan fingerprint density at radius 1 is 0.657 bits per heavy atom. The Hall–Kier alpha value is -2.52. The Bertz CT molecular complexity index is 740. The molecule has 2 fully saturated rings. The zero-order valence-electron chi connectivity index (χ0n) is 22.4. The highest BCUT2D eigenvalue weighted by Gasteiger charge is 2.43. The number of carboxylic acid groups (broad SMARTS) is 1. The number of aliphatic carboxylic acids is 1. The second-order valence-electron chi connectivity index (χ2n) is 11.3. The fourth-order valence-corrected chi connectivity index (χ4v) is 4.28. The Labute approximate surface area is 208 Å². The Kier molecular flexibility index (Phi) is 10.8. The summed E-state index contributed by atoms with van der Waals surface area (Å²) in [6.45, 7) is 10.6. The minimum atomic E-state index is -1.14. The number of hydrogen-bond donors (Lipinski definition) is 3. The van der Waals surface area contributed by atoms with Crippen molar-refractivity contribution in [3.63, 3.8) is 0 Å². The summed E-state index contributed by atoms with van der Waals surface area (Å²) in [5.41, 5.74) is -3.23. The first-order chi connectivity index (χ1) is 16.0. The highest BCUT2D eigenvalue weighted by Crippen LogP contribution is 2.30. The smallest absolute Gasteiger partial charge is 0.408 e. The fraction of sp³-hybridized carbons (Fsp3) is 0.840. The van der Waals surface area contributed by atoms with E-state index in [1.54, 1.807) is 41.5 Å². The van der Waals surface area contributed by atoms with Crippen LogP contribution in [-0.4, -0.2) is 58.6 Å². The zero-order valence-corrected chi connectivity index (χ0v) is 22.4. The van der Waals surface area contributed by atoms with E-state index in [0.29, 0.717) is 25.7 Å². The zero-order chi connectivity index (χ0) is 26.9. The molecule has 10 heteroatoms. The molecule has 0 saturated heterocycles. The molecule has 0 aromatic rings. The predicted molar refractivity (Wildman–Crippen MR) is 130 cm³/mol. The summed E-state index contributed by atoms with van der Waals surface area (Å²) in [6, 6.07) is 0. The van der Waals surface area contributed by atoms with Gasteiger partial charge in [-0.2, -0.15) is 0 Å². The van der Waals surface area contributed by atoms with Crippen LogP contribution in [-0.2, 0) is 23.8 Å². The van der Waals surface area contributed by atoms with Gasteiger partial charge in [0.1, 0.15) is 22.3 Å². The lowest BCUT2D eigenvalue weighted by molar-refractivity contribution is -0.150. The molecule has 0 heterocycles. The highest BCUT2D eigenvalue weighted by molar-refractivity contribution is 5.86. The van der Waals surface area contributed by atoms with Crippen LogP contribution in [0.4, 0.5) is 9.59 Å². The summed E-state index contributed by atoms with van der Waals surface area (Å²) in [6.07, 6.45) is 6.51. The molecule has 2 saturated carbocycles. The van der Waals surface area contributed by atoms with Gasteiger partial charge in [0.25, 0.3) is 0 Å². The summed E-state index contributed by atoms with van der Waals surface area (Å²) < 4.78 is 15.1. The number of hydrogen-bond acceptors (Lipinski definition) is 7. The number of carboxylic acids is 1. The number of alkyl carbamates (subject to hydrolysis) is 2. The van der Waals surface area contributed by atoms with E-state index in [-0.39, 0.29) is 5.97 Å². The number of nitrogens with one attached hydrogen (secondary N) is 2. The molecular weight excluding hydrogens is 456 g/mol. The van der Waals surface area contributed by atoms with E-state index in [2.05, 4.69) is 10.6 Å². The van der Waals surface area contributed by atoms with Crippen LogP contribution < -0.4 is 10.6 Å². The van der Waals surface area contributed by atoms with Gasteiger partial charge in [-0.3, -0.25) is 0 Å². The number of carbonyl (C=O) groups excluding carboxylic acids is 3. The van der Waals surface area contributed by atoms with E-state index in [0.717, 1.165) is 38.5 Å². The van der Waals surface area contributed by atoms with Crippen molar-refractivity contribution >= 4 is 24.1 Å². The van der Waals surface area contributed by atoms with Crippen LogP contribution in [0.3, 0.4) is 0 Å². The van der Waals surface area contributed by atoms with E-state index in [4.69, 9.17) is 14.2 Å². The maximum Gasteiger partial charge on any atom is 0.408 e. The van der Waals surface area contributed by atoms with Crippen LogP contribution in [0.15, 0.2) is 0 Å². The fourth-order valence-electron chi connectivity index (χ4n) is 4.28. The minimum absolute atomic E-state index is 0.381. The Balaban J connectivity index is 0.000000351. The van der Waals surface area contributed by atoms with Crippen molar-refractivity contribution in [3.8, 4) is 0 Å². The van der Waals surface area contributed by atoms with Gasteiger partial charge in [0.2, 0.25) is 0 Å². The van der Waals surface area contributed by atoms with Crippen LogP contribution in [0.25, 0.3) is 0 Å². The van der Waals surface area contributed by atoms with Crippen molar-refractivity contribution in [2.24, 2.45) is 0 Å². The van der Waals surface area contributed by atoms with Crippen LogP contribution in [0.1, 0.15) is 106 Å². The third-order valence-corrected chi connectivity index (χ3v) is 5.88. The second kappa shape index (κ2) is 12.4. The Morgan fingerprint density at radius 2 is 1.00 bits per heavy atom. The number of methoxy groups -OCH3 is 1. The molecule has 0 aromatic carbocycles. The van der Waals surface area contributed by atoms with Gasteiger partial charge < -0.3 is 30.0 Å². The third-order valence-electron chi connectivity index (χ3n) is 5.88. The molecule has 0 atom stereocenters. The lowest BCUT2D eigenvalue weighted by Crippen LogP contribution is -2.57. The maximum atomic E-state index is 11.9. The summed E-state index contributed by atoms with van der Waals surface area (Å²) in [5.74, 6) is -1.35. The average molecular weight is 501 g/mol. The quantitative estimate of drug-likeness (QED) is 0.373. The molecule has 10 nitrogen and oxygen atoms in total. The van der Waals surface area contributed by atoms with Crippen LogP contribution in [0.5, 0.6) is 0 Å². The van der Waals surface area contributed by atoms with Crippen molar-refractivity contribution < 1.29 is 38.5 Å². The second-order valence-corrected chi connectivity index (χ2v) is 11.3. The van der Waals surface area contributed by atoms with Crippen molar-refractivity contribution in [1.82, 2.24) is 10.6 Å². The molecule has 2 amide bonds. The summed E-state index contributed by atoms with van der Waals surface area (Å²) in [4.78, 5) is 46.7. The molecule has 0 aliphatic heterocycles. The van der Waals surface area contributed by atoms with Crippen LogP contribution >= 0.6 is 0 Å². The average Bonchev–Trinajstić information content (AvgIpc) is 2.72. The Morgan fingerprint density at radius 3 is 1.31 bits per heavy atom. The SMILES string of the molecule is CC(C)(C)OC(=O)NC1(C(=O)O)CCCCC1.COC(=O)C1(NC(=O)OC(C)(C)C)CCCCC1. The molecule has 2 rings (SSSR count). The van der Waals surface area contributed by atoms with Crippen molar-refractivity contribution in [2.75, 3.05) is 7.11 Å². The third kappa shape index (κ3) is 10.3. The van der Waals surface area contributed by atoms with Gasteiger partial charge in [0.15, 0.2) is 0 Å². The molecule has 0 radical (unpaired) electrons. The molecule has 3 N–H and O–H groups in total. The minimum Gasteiger partial charge on any atom is -0.480 e. The molecule has 2 aliphatic rings. The highest BCUT2D eigenvalue weighted by atomic mass is 16.6. The van der Waals surface area contributed by atoms with E-state index >= 15 is 0 Å². The number of carbonyl (C=O) groups is 4. The van der Waals surface area contributed by atoms with Crippen molar-refractivity contribution in [2.45, 2.75) is 128 Å². The molecule has 202 valence electrons. The standard InChI is InChI=1S/C13H23NO4.C12H21NO4/c1-12(2,3)18-11(16)14-13(10(15)17-4)8-6-5-7-9-13;1-11(2,3)17-10(16)13-12(9(14)15)7-5-4-6-8-12/h5-9H2,1-4H3,(H,14,16);4-8H2,1-3H3,(H,13,16)(H,14,15). The van der Waals surface area contributed by atoms with Crippen molar-refractivity contribution in [1.29, 1.82) is 0 Å². The maximum absolute atomic E-state index is 11.9. The molecule has 0 aromatic heterocycles. The van der Waals surface area contributed by atoms with Crippen LogP contribution in [0, 0.1) is 0 Å². The van der Waals surface area contributed by atoms with Gasteiger partial charge in [0, 0.05) is 0 Å². The van der Waals surface area contributed by atoms with E-state index in [1.165, 1.54) is 7.11 Å². The number of esters is 1. The molecule has 35 heavy (non-hydrogen) atoms. The lowest BCUT2D eigenvalue weighted by atomic mass is 9.82. The lowest BCUT2D eigenvalue weighted by Gasteiger charge is -2.35. The van der Waals surface area contributed by atoms with E-state index < -0.39 is 40.4 Å². The number of rotatable bonds is 4. The van der Waals surface area contributed by atoms with E-state index in [1.807, 2.05) is 0 Å². The topological polar surface area (TPSA) is 140 Å². The van der Waals surface area contributed by atoms with Crippen molar-refractivity contribution in [3.05, 3.63) is 0 Å². The van der Waals surface area contributed by atoms with Gasteiger partial charge in [0.05, 0.1) is 7.11 Å². The monoisotopic (exact) mass is 500 g/mol. The van der Waals surface area contributed by atoms with Gasteiger partial charge in [-0.1, -0.05) is 38.5 Å². The molecule has 0 spiro atoms. The summed E-state index contributed by atoms with van der Waals surface area (Å²) in [7, 11) is 1.34. The first-order valence-electron chi connectivity index (χ1n) is 12.4. The van der Waals surface area contributed by atoms with Gasteiger partial charge >= 0.3 is 24.1 Å². The van der Waals surface area contributed by atoms with E-state index in [9.17, 15) is 24.3 Å². The molecule has 0 bridgehead atoms. The van der Waals surface area contributed by atoms with Crippen LogP contribution in [0.2, 0.25) is 0 Å². The van der Waals surface area contributed by atoms with Gasteiger partial charge in [-0.15, -0.1) is 0 Å². The molecule has 2 aliphatic carbocycles. The number of ether oxygens (including phenoxy) is 3.